The number of benzene rings is 2. The maximum absolute atomic E-state index is 12.8. The molecule has 0 bridgehead atoms. The second kappa shape index (κ2) is 5.27. The third-order valence-electron chi connectivity index (χ3n) is 3.64. The Hall–Kier alpha value is -2.54. The third kappa shape index (κ3) is 2.53. The van der Waals surface area contributed by atoms with Gasteiger partial charge < -0.3 is 0 Å². The lowest BCUT2D eigenvalue weighted by Gasteiger charge is -2.10. The highest BCUT2D eigenvalue weighted by molar-refractivity contribution is 7.89. The quantitative estimate of drug-likeness (QED) is 0.718. The second-order valence-electron chi connectivity index (χ2n) is 5.53. The summed E-state index contributed by atoms with van der Waals surface area (Å²) in [6.07, 6.45) is 0. The van der Waals surface area contributed by atoms with Crippen LogP contribution < -0.4 is 5.56 Å². The highest BCUT2D eigenvalue weighted by Crippen LogP contribution is 2.18. The van der Waals surface area contributed by atoms with Crippen molar-refractivity contribution in [1.29, 1.82) is 0 Å². The fourth-order valence-corrected chi connectivity index (χ4v) is 3.82. The van der Waals surface area contributed by atoms with Gasteiger partial charge in [-0.2, -0.15) is 8.42 Å². The van der Waals surface area contributed by atoms with E-state index in [1.165, 1.54) is 6.07 Å². The Morgan fingerprint density at radius 1 is 0.957 bits per heavy atom. The van der Waals surface area contributed by atoms with Crippen LogP contribution in [0.4, 0.5) is 0 Å². The van der Waals surface area contributed by atoms with Crippen LogP contribution in [0.2, 0.25) is 0 Å². The van der Waals surface area contributed by atoms with Gasteiger partial charge in [0.25, 0.3) is 15.6 Å². The smallest absolute Gasteiger partial charge is 0.266 e. The van der Waals surface area contributed by atoms with Gasteiger partial charge in [0.2, 0.25) is 0 Å². The number of hydrogen-bond donors (Lipinski definition) is 0. The summed E-state index contributed by atoms with van der Waals surface area (Å²) in [4.78, 5) is 12.6. The molecule has 0 radical (unpaired) electrons. The van der Waals surface area contributed by atoms with Crippen LogP contribution in [0.15, 0.2) is 46.1 Å². The zero-order valence-electron chi connectivity index (χ0n) is 12.9. The van der Waals surface area contributed by atoms with E-state index in [0.29, 0.717) is 15.2 Å². The molecule has 0 amide bonds. The lowest BCUT2D eigenvalue weighted by Crippen LogP contribution is -2.31. The van der Waals surface area contributed by atoms with Crippen LogP contribution in [0.3, 0.4) is 0 Å². The van der Waals surface area contributed by atoms with Crippen LogP contribution in [-0.2, 0) is 10.0 Å². The highest BCUT2D eigenvalue weighted by Gasteiger charge is 2.23. The summed E-state index contributed by atoms with van der Waals surface area (Å²) >= 11 is 0. The Kier molecular flexibility index (Phi) is 3.52. The Morgan fingerprint density at radius 3 is 2.35 bits per heavy atom. The van der Waals surface area contributed by atoms with Crippen LogP contribution in [0.25, 0.3) is 10.9 Å². The van der Waals surface area contributed by atoms with Gasteiger partial charge in [0.15, 0.2) is 0 Å². The normalized spacial score (nSPS) is 11.8. The average molecular weight is 329 g/mol. The van der Waals surface area contributed by atoms with E-state index in [9.17, 15) is 13.2 Å². The van der Waals surface area contributed by atoms with Crippen LogP contribution in [0, 0.1) is 20.8 Å². The minimum Gasteiger partial charge on any atom is -0.266 e. The average Bonchev–Trinajstić information content (AvgIpc) is 2.50. The van der Waals surface area contributed by atoms with Crippen molar-refractivity contribution in [1.82, 2.24) is 14.4 Å². The van der Waals surface area contributed by atoms with Crippen molar-refractivity contribution in [2.24, 2.45) is 0 Å². The molecule has 23 heavy (non-hydrogen) atoms. The van der Waals surface area contributed by atoms with Gasteiger partial charge >= 0.3 is 0 Å². The highest BCUT2D eigenvalue weighted by atomic mass is 32.2. The molecule has 3 aromatic rings. The van der Waals surface area contributed by atoms with Gasteiger partial charge in [-0.25, -0.2) is 0 Å². The predicted octanol–water partition coefficient (Wildman–Crippen LogP) is 1.95. The van der Waals surface area contributed by atoms with Crippen molar-refractivity contribution in [3.05, 3.63) is 63.4 Å². The summed E-state index contributed by atoms with van der Waals surface area (Å²) < 4.78 is 26.1. The maximum atomic E-state index is 12.8. The van der Waals surface area contributed by atoms with Crippen molar-refractivity contribution in [3.63, 3.8) is 0 Å². The third-order valence-corrected chi connectivity index (χ3v) is 5.33. The number of rotatable bonds is 2. The lowest BCUT2D eigenvalue weighted by molar-refractivity contribution is 0.570. The Morgan fingerprint density at radius 2 is 1.61 bits per heavy atom. The summed E-state index contributed by atoms with van der Waals surface area (Å²) in [7, 11) is -4.10. The maximum Gasteiger partial charge on any atom is 0.292 e. The molecule has 1 aromatic heterocycles. The van der Waals surface area contributed by atoms with Gasteiger partial charge in [0.05, 0.1) is 10.3 Å². The van der Waals surface area contributed by atoms with Gasteiger partial charge in [0.1, 0.15) is 5.52 Å². The molecular weight excluding hydrogens is 314 g/mol. The minimum atomic E-state index is -4.10. The first-order chi connectivity index (χ1) is 10.8. The first-order valence-corrected chi connectivity index (χ1v) is 8.44. The topological polar surface area (TPSA) is 81.9 Å². The molecule has 0 unspecified atom stereocenters. The van der Waals surface area contributed by atoms with Crippen molar-refractivity contribution in [3.8, 4) is 0 Å². The molecule has 0 saturated heterocycles. The van der Waals surface area contributed by atoms with Crippen LogP contribution in [-0.4, -0.2) is 22.8 Å². The Labute approximate surface area is 133 Å². The number of aryl methyl sites for hydroxylation is 3. The lowest BCUT2D eigenvalue weighted by atomic mass is 10.2. The van der Waals surface area contributed by atoms with Gasteiger partial charge in [-0.3, -0.25) is 4.79 Å². The summed E-state index contributed by atoms with van der Waals surface area (Å²) in [5.41, 5.74) is 1.85. The second-order valence-corrected chi connectivity index (χ2v) is 7.27. The van der Waals surface area contributed by atoms with E-state index >= 15 is 0 Å². The summed E-state index contributed by atoms with van der Waals surface area (Å²) in [6.45, 7) is 5.29. The molecule has 0 saturated carbocycles. The predicted molar refractivity (Wildman–Crippen MR) is 87.0 cm³/mol. The molecule has 7 heteroatoms. The van der Waals surface area contributed by atoms with Crippen molar-refractivity contribution in [2.75, 3.05) is 0 Å². The minimum absolute atomic E-state index is 0.0564. The molecule has 0 atom stereocenters. The summed E-state index contributed by atoms with van der Waals surface area (Å²) in [5, 5.41) is 7.71. The van der Waals surface area contributed by atoms with Gasteiger partial charge in [-0.15, -0.1) is 5.10 Å². The van der Waals surface area contributed by atoms with E-state index in [0.717, 1.165) is 11.1 Å². The first kappa shape index (κ1) is 15.4. The zero-order valence-corrected chi connectivity index (χ0v) is 13.8. The van der Waals surface area contributed by atoms with Gasteiger partial charge in [-0.05, 0) is 55.3 Å². The largest absolute Gasteiger partial charge is 0.292 e. The van der Waals surface area contributed by atoms with Crippen molar-refractivity contribution >= 4 is 20.9 Å². The van der Waals surface area contributed by atoms with E-state index in [1.807, 2.05) is 13.0 Å². The van der Waals surface area contributed by atoms with Crippen molar-refractivity contribution in [2.45, 2.75) is 25.7 Å². The number of aromatic nitrogens is 3. The van der Waals surface area contributed by atoms with Gasteiger partial charge in [0, 0.05) is 0 Å². The van der Waals surface area contributed by atoms with Crippen LogP contribution in [0.1, 0.15) is 16.7 Å². The first-order valence-electron chi connectivity index (χ1n) is 7.00. The molecular formula is C16H15N3O3S. The fourth-order valence-electron chi connectivity index (χ4n) is 2.38. The molecule has 118 valence electrons. The SMILES string of the molecule is Cc1ccc(C)c(S(=O)(=O)n2nnc3ccc(C)cc3c2=O)c1. The molecule has 1 heterocycles. The molecule has 3 rings (SSSR count). The number of hydrogen-bond acceptors (Lipinski definition) is 5. The zero-order chi connectivity index (χ0) is 16.8. The molecule has 0 N–H and O–H groups in total. The number of fused-ring (bicyclic) bond motifs is 1. The van der Waals surface area contributed by atoms with E-state index in [-0.39, 0.29) is 10.3 Å². The molecule has 0 aliphatic carbocycles. The molecule has 0 fully saturated rings. The van der Waals surface area contributed by atoms with Crippen molar-refractivity contribution < 1.29 is 8.42 Å². The van der Waals surface area contributed by atoms with E-state index in [2.05, 4.69) is 10.3 Å². The standard InChI is InChI=1S/C16H15N3O3S/c1-10-5-7-14-13(8-10)16(20)19(18-17-14)23(21,22)15-9-11(2)4-6-12(15)3/h4-9H,1-3H3. The van der Waals surface area contributed by atoms with Crippen LogP contribution in [0.5, 0.6) is 0 Å². The monoisotopic (exact) mass is 329 g/mol. The van der Waals surface area contributed by atoms with Gasteiger partial charge in [-0.1, -0.05) is 27.8 Å². The summed E-state index contributed by atoms with van der Waals surface area (Å²) in [6, 6.07) is 10.1. The van der Waals surface area contributed by atoms with E-state index in [1.54, 1.807) is 38.1 Å². The van der Waals surface area contributed by atoms with E-state index < -0.39 is 15.6 Å². The summed E-state index contributed by atoms with van der Waals surface area (Å²) in [5.74, 6) is 0. The Balaban J connectivity index is 2.33. The molecule has 6 nitrogen and oxygen atoms in total. The fraction of sp³-hybridized carbons (Fsp3) is 0.188. The molecule has 0 spiro atoms. The molecule has 0 aliphatic rings. The van der Waals surface area contributed by atoms with Crippen LogP contribution >= 0.6 is 0 Å². The van der Waals surface area contributed by atoms with E-state index in [4.69, 9.17) is 0 Å². The number of nitrogens with zero attached hydrogens (tertiary/aromatic N) is 3. The molecule has 0 aliphatic heterocycles. The molecule has 2 aromatic carbocycles. The Bertz CT molecular complexity index is 1090.